The van der Waals surface area contributed by atoms with Crippen LogP contribution in [0.3, 0.4) is 0 Å². The van der Waals surface area contributed by atoms with E-state index in [1.165, 1.54) is 0 Å². The first kappa shape index (κ1) is 16.1. The summed E-state index contributed by atoms with van der Waals surface area (Å²) in [6, 6.07) is 6.62. The molecule has 7 heteroatoms. The molecule has 0 spiro atoms. The average Bonchev–Trinajstić information content (AvgIpc) is 3.09. The lowest BCUT2D eigenvalue weighted by atomic mass is 10.2. The van der Waals surface area contributed by atoms with E-state index >= 15 is 0 Å². The van der Waals surface area contributed by atoms with Gasteiger partial charge in [-0.3, -0.25) is 9.59 Å². The number of anilines is 1. The molecule has 1 aromatic carbocycles. The van der Waals surface area contributed by atoms with Gasteiger partial charge in [-0.05, 0) is 43.5 Å². The fraction of sp³-hybridized carbons (Fsp3) is 0.429. The molecule has 2 aliphatic rings. The Morgan fingerprint density at radius 2 is 1.95 bits per heavy atom. The molecule has 3 N–H and O–H groups in total. The summed E-state index contributed by atoms with van der Waals surface area (Å²) in [5.74, 6) is -0.307. The van der Waals surface area contributed by atoms with E-state index in [9.17, 15) is 9.59 Å². The van der Waals surface area contributed by atoms with E-state index in [4.69, 9.17) is 17.3 Å². The quantitative estimate of drug-likeness (QED) is 0.881. The van der Waals surface area contributed by atoms with Crippen molar-refractivity contribution in [2.75, 3.05) is 11.4 Å². The Balaban J connectivity index is 0.00000161. The van der Waals surface area contributed by atoms with Crippen molar-refractivity contribution >= 4 is 41.5 Å². The number of amides is 2. The highest BCUT2D eigenvalue weighted by Crippen LogP contribution is 2.32. The third-order valence-corrected chi connectivity index (χ3v) is 4.14. The van der Waals surface area contributed by atoms with Crippen molar-refractivity contribution in [1.82, 2.24) is 5.32 Å². The van der Waals surface area contributed by atoms with E-state index in [-0.39, 0.29) is 24.2 Å². The molecule has 0 bridgehead atoms. The minimum Gasteiger partial charge on any atom is -0.343 e. The summed E-state index contributed by atoms with van der Waals surface area (Å²) in [6.45, 7) is 0.586. The van der Waals surface area contributed by atoms with Gasteiger partial charge in [0.05, 0.1) is 5.54 Å². The van der Waals surface area contributed by atoms with Crippen LogP contribution in [0.5, 0.6) is 0 Å². The monoisotopic (exact) mass is 329 g/mol. The number of nitrogens with one attached hydrogen (secondary N) is 1. The molecule has 2 fully saturated rings. The van der Waals surface area contributed by atoms with E-state index in [0.29, 0.717) is 30.8 Å². The number of halogens is 2. The van der Waals surface area contributed by atoms with Crippen LogP contribution in [0.4, 0.5) is 5.69 Å². The normalized spacial score (nSPS) is 22.7. The minimum atomic E-state index is -0.742. The highest BCUT2D eigenvalue weighted by molar-refractivity contribution is 6.30. The van der Waals surface area contributed by atoms with Gasteiger partial charge in [-0.25, -0.2) is 0 Å². The third kappa shape index (κ3) is 3.15. The molecule has 1 saturated carbocycles. The van der Waals surface area contributed by atoms with Crippen LogP contribution < -0.4 is 16.0 Å². The molecule has 3 rings (SSSR count). The minimum absolute atomic E-state index is 0. The summed E-state index contributed by atoms with van der Waals surface area (Å²) in [7, 11) is 0. The van der Waals surface area contributed by atoms with E-state index < -0.39 is 11.6 Å². The summed E-state index contributed by atoms with van der Waals surface area (Å²) in [5.41, 5.74) is 5.88. The second-order valence-electron chi connectivity index (χ2n) is 5.44. The van der Waals surface area contributed by atoms with E-state index in [1.807, 2.05) is 0 Å². The first-order valence-corrected chi connectivity index (χ1v) is 7.04. The maximum atomic E-state index is 12.3. The molecule has 1 atom stereocenters. The molecule has 1 aliphatic carbocycles. The zero-order valence-electron chi connectivity index (χ0n) is 11.3. The van der Waals surface area contributed by atoms with Crippen molar-refractivity contribution < 1.29 is 9.59 Å². The van der Waals surface area contributed by atoms with Gasteiger partial charge >= 0.3 is 0 Å². The van der Waals surface area contributed by atoms with Crippen LogP contribution in [0.1, 0.15) is 19.3 Å². The molecule has 0 radical (unpaired) electrons. The van der Waals surface area contributed by atoms with Gasteiger partial charge in [0.25, 0.3) is 0 Å². The van der Waals surface area contributed by atoms with Gasteiger partial charge in [0.15, 0.2) is 0 Å². The van der Waals surface area contributed by atoms with Crippen LogP contribution in [-0.2, 0) is 9.59 Å². The number of carbonyl (C=O) groups excluding carboxylic acids is 2. The first-order valence-electron chi connectivity index (χ1n) is 6.66. The number of hydrogen-bond acceptors (Lipinski definition) is 3. The largest absolute Gasteiger partial charge is 0.343 e. The maximum Gasteiger partial charge on any atom is 0.249 e. The van der Waals surface area contributed by atoms with Crippen molar-refractivity contribution in [3.8, 4) is 0 Å². The van der Waals surface area contributed by atoms with E-state index in [1.54, 1.807) is 29.2 Å². The Morgan fingerprint density at radius 1 is 1.33 bits per heavy atom. The second kappa shape index (κ2) is 5.83. The van der Waals surface area contributed by atoms with Gasteiger partial charge in [0.1, 0.15) is 6.04 Å². The maximum absolute atomic E-state index is 12.3. The van der Waals surface area contributed by atoms with E-state index in [2.05, 4.69) is 5.32 Å². The molecule has 21 heavy (non-hydrogen) atoms. The van der Waals surface area contributed by atoms with Gasteiger partial charge in [-0.1, -0.05) is 11.6 Å². The molecular weight excluding hydrogens is 313 g/mol. The Kier molecular flexibility index (Phi) is 4.46. The third-order valence-electron chi connectivity index (χ3n) is 3.89. The lowest BCUT2D eigenvalue weighted by molar-refractivity contribution is -0.127. The molecule has 5 nitrogen and oxygen atoms in total. The summed E-state index contributed by atoms with van der Waals surface area (Å²) in [5, 5.41) is 3.39. The van der Waals surface area contributed by atoms with Crippen molar-refractivity contribution in [1.29, 1.82) is 0 Å². The summed E-state index contributed by atoms with van der Waals surface area (Å²) in [6.07, 6.45) is 1.99. The zero-order valence-corrected chi connectivity index (χ0v) is 12.9. The molecule has 2 amide bonds. The number of nitrogens with zero attached hydrogens (tertiary/aromatic N) is 1. The van der Waals surface area contributed by atoms with Crippen molar-refractivity contribution in [2.24, 2.45) is 5.73 Å². The standard InChI is InChI=1S/C14H16ClN3O2.ClH/c15-9-1-3-10(4-2-9)18-8-5-11(12(18)19)17-13(20)14(16)6-7-14;/h1-4,11H,5-8,16H2,(H,17,20);1H. The number of benzene rings is 1. The molecule has 1 aliphatic heterocycles. The van der Waals surface area contributed by atoms with Crippen molar-refractivity contribution in [3.05, 3.63) is 29.3 Å². The Hall–Kier alpha value is -1.30. The summed E-state index contributed by atoms with van der Waals surface area (Å²) < 4.78 is 0. The van der Waals surface area contributed by atoms with Gasteiger partial charge in [0.2, 0.25) is 11.8 Å². The number of carbonyl (C=O) groups is 2. The van der Waals surface area contributed by atoms with Crippen LogP contribution in [0.15, 0.2) is 24.3 Å². The van der Waals surface area contributed by atoms with Crippen LogP contribution in [0, 0.1) is 0 Å². The summed E-state index contributed by atoms with van der Waals surface area (Å²) in [4.78, 5) is 25.9. The van der Waals surface area contributed by atoms with Gasteiger partial charge in [-0.15, -0.1) is 12.4 Å². The fourth-order valence-electron chi connectivity index (χ4n) is 2.35. The highest BCUT2D eigenvalue weighted by atomic mass is 35.5. The number of nitrogens with two attached hydrogens (primary N) is 1. The number of hydrogen-bond donors (Lipinski definition) is 2. The summed E-state index contributed by atoms with van der Waals surface area (Å²) >= 11 is 5.84. The van der Waals surface area contributed by atoms with E-state index in [0.717, 1.165) is 5.69 Å². The predicted octanol–water partition coefficient (Wildman–Crippen LogP) is 1.47. The van der Waals surface area contributed by atoms with Crippen LogP contribution >= 0.6 is 24.0 Å². The number of rotatable bonds is 3. The smallest absolute Gasteiger partial charge is 0.249 e. The van der Waals surface area contributed by atoms with Crippen molar-refractivity contribution in [2.45, 2.75) is 30.8 Å². The molecule has 1 aromatic rings. The molecular formula is C14H17Cl2N3O2. The van der Waals surface area contributed by atoms with Crippen LogP contribution in [-0.4, -0.2) is 29.9 Å². The highest BCUT2D eigenvalue weighted by Gasteiger charge is 2.47. The average molecular weight is 330 g/mol. The van der Waals surface area contributed by atoms with Crippen molar-refractivity contribution in [3.63, 3.8) is 0 Å². The SMILES string of the molecule is Cl.NC1(C(=O)NC2CCN(c3ccc(Cl)cc3)C2=O)CC1. The molecule has 0 aromatic heterocycles. The Bertz CT molecular complexity index is 558. The van der Waals surface area contributed by atoms with Gasteiger partial charge in [0, 0.05) is 17.3 Å². The lowest BCUT2D eigenvalue weighted by Gasteiger charge is -2.18. The Labute approximate surface area is 134 Å². The first-order chi connectivity index (χ1) is 9.49. The molecule has 1 heterocycles. The van der Waals surface area contributed by atoms with Gasteiger partial charge in [-0.2, -0.15) is 0 Å². The van der Waals surface area contributed by atoms with Gasteiger partial charge < -0.3 is 16.0 Å². The molecule has 1 saturated heterocycles. The second-order valence-corrected chi connectivity index (χ2v) is 5.87. The Morgan fingerprint density at radius 3 is 2.52 bits per heavy atom. The fourth-order valence-corrected chi connectivity index (χ4v) is 2.48. The topological polar surface area (TPSA) is 75.4 Å². The van der Waals surface area contributed by atoms with Crippen LogP contribution in [0.2, 0.25) is 5.02 Å². The molecule has 114 valence electrons. The lowest BCUT2D eigenvalue weighted by Crippen LogP contribution is -2.49. The molecule has 1 unspecified atom stereocenters. The predicted molar refractivity (Wildman–Crippen MR) is 83.8 cm³/mol. The van der Waals surface area contributed by atoms with Crippen LogP contribution in [0.25, 0.3) is 0 Å². The zero-order chi connectivity index (χ0) is 14.3.